The van der Waals surface area contributed by atoms with Crippen LogP contribution in [0.15, 0.2) is 5.38 Å². The third kappa shape index (κ3) is 4.51. The second-order valence-electron chi connectivity index (χ2n) is 3.44. The molecule has 0 radical (unpaired) electrons. The van der Waals surface area contributed by atoms with Crippen molar-refractivity contribution in [1.82, 2.24) is 4.98 Å². The smallest absolute Gasteiger partial charge is 0.321 e. The Kier molecular flexibility index (Phi) is 5.79. The van der Waals surface area contributed by atoms with Crippen molar-refractivity contribution >= 4 is 29.1 Å². The van der Waals surface area contributed by atoms with Crippen molar-refractivity contribution in [1.29, 1.82) is 0 Å². The van der Waals surface area contributed by atoms with Gasteiger partial charge in [0.05, 0.1) is 10.7 Å². The first-order valence-corrected chi connectivity index (χ1v) is 7.16. The van der Waals surface area contributed by atoms with Crippen molar-refractivity contribution in [2.24, 2.45) is 5.73 Å². The molecule has 1 atom stereocenters. The Hall–Kier alpha value is -0.590. The number of nitrogens with two attached hydrogens (primary N) is 1. The molecule has 0 fully saturated rings. The second kappa shape index (κ2) is 6.88. The van der Waals surface area contributed by atoms with E-state index in [2.05, 4.69) is 11.9 Å². The summed E-state index contributed by atoms with van der Waals surface area (Å²) in [5, 5.41) is 11.8. The van der Waals surface area contributed by atoms with Crippen LogP contribution in [-0.4, -0.2) is 27.9 Å². The minimum absolute atomic E-state index is 0.427. The third-order valence-electron chi connectivity index (χ3n) is 1.93. The summed E-state index contributed by atoms with van der Waals surface area (Å²) in [6.07, 6.45) is 2.12. The molecule has 0 saturated carbocycles. The van der Waals surface area contributed by atoms with E-state index in [1.807, 2.05) is 5.38 Å². The normalized spacial score (nSPS) is 12.6. The first-order chi connectivity index (χ1) is 7.63. The molecular formula is C10H16N2O2S2. The van der Waals surface area contributed by atoms with Crippen LogP contribution in [0, 0.1) is 0 Å². The molecule has 0 aliphatic carbocycles. The van der Waals surface area contributed by atoms with E-state index in [4.69, 9.17) is 10.8 Å². The molecule has 0 aliphatic heterocycles. The molecule has 0 bridgehead atoms. The van der Waals surface area contributed by atoms with Crippen LogP contribution in [0.25, 0.3) is 0 Å². The van der Waals surface area contributed by atoms with Gasteiger partial charge in [0.25, 0.3) is 0 Å². The number of thioether (sulfide) groups is 1. The lowest BCUT2D eigenvalue weighted by molar-refractivity contribution is -0.137. The van der Waals surface area contributed by atoms with Gasteiger partial charge >= 0.3 is 5.97 Å². The Balaban J connectivity index is 2.29. The molecule has 3 N–H and O–H groups in total. The van der Waals surface area contributed by atoms with Gasteiger partial charge in [0.1, 0.15) is 6.04 Å². The zero-order valence-electron chi connectivity index (χ0n) is 9.18. The number of carboxylic acid groups (broad SMARTS) is 1. The molecule has 0 spiro atoms. The molecule has 0 aliphatic rings. The molecule has 1 rings (SSSR count). The summed E-state index contributed by atoms with van der Waals surface area (Å²) < 4.78 is 0. The minimum atomic E-state index is -0.947. The SMILES string of the molecule is CCCc1nc(CSC[C@@H](N)C(=O)O)cs1. The quantitative estimate of drug-likeness (QED) is 0.781. The van der Waals surface area contributed by atoms with Crippen molar-refractivity contribution in [3.05, 3.63) is 16.1 Å². The molecule has 90 valence electrons. The van der Waals surface area contributed by atoms with Crippen molar-refractivity contribution in [3.8, 4) is 0 Å². The Morgan fingerprint density at radius 2 is 2.50 bits per heavy atom. The number of nitrogens with zero attached hydrogens (tertiary/aromatic N) is 1. The number of aryl methyl sites for hydroxylation is 1. The standard InChI is InChI=1S/C10H16N2O2S2/c1-2-3-9-12-7(5-16-9)4-15-6-8(11)10(13)14/h5,8H,2-4,6,11H2,1H3,(H,13,14)/t8-/m1/s1. The fourth-order valence-electron chi connectivity index (χ4n) is 1.11. The Morgan fingerprint density at radius 3 is 3.12 bits per heavy atom. The predicted molar refractivity (Wildman–Crippen MR) is 67.9 cm³/mol. The fourth-order valence-corrected chi connectivity index (χ4v) is 2.98. The van der Waals surface area contributed by atoms with E-state index in [-0.39, 0.29) is 0 Å². The summed E-state index contributed by atoms with van der Waals surface area (Å²) in [6, 6.07) is -0.779. The highest BCUT2D eigenvalue weighted by atomic mass is 32.2. The summed E-state index contributed by atoms with van der Waals surface area (Å²) in [4.78, 5) is 14.9. The number of hydrogen-bond acceptors (Lipinski definition) is 5. The molecule has 0 unspecified atom stereocenters. The molecule has 16 heavy (non-hydrogen) atoms. The minimum Gasteiger partial charge on any atom is -0.480 e. The molecule has 6 heteroatoms. The topological polar surface area (TPSA) is 76.2 Å². The van der Waals surface area contributed by atoms with Crippen LogP contribution >= 0.6 is 23.1 Å². The van der Waals surface area contributed by atoms with Crippen molar-refractivity contribution < 1.29 is 9.90 Å². The molecular weight excluding hydrogens is 244 g/mol. The molecule has 4 nitrogen and oxygen atoms in total. The van der Waals surface area contributed by atoms with Crippen molar-refractivity contribution in [2.45, 2.75) is 31.6 Å². The van der Waals surface area contributed by atoms with Gasteiger partial charge in [-0.05, 0) is 12.8 Å². The molecule has 0 aromatic carbocycles. The lowest BCUT2D eigenvalue weighted by atomic mass is 10.3. The van der Waals surface area contributed by atoms with E-state index in [1.165, 1.54) is 11.8 Å². The first-order valence-electron chi connectivity index (χ1n) is 5.13. The van der Waals surface area contributed by atoms with Crippen LogP contribution in [0.5, 0.6) is 0 Å². The second-order valence-corrected chi connectivity index (χ2v) is 5.42. The largest absolute Gasteiger partial charge is 0.480 e. The number of carboxylic acids is 1. The zero-order valence-corrected chi connectivity index (χ0v) is 10.8. The Bertz CT molecular complexity index is 341. The number of hydrogen-bond donors (Lipinski definition) is 2. The van der Waals surface area contributed by atoms with Gasteiger partial charge in [0.15, 0.2) is 0 Å². The molecule has 1 heterocycles. The lowest BCUT2D eigenvalue weighted by Gasteiger charge is -2.04. The maximum Gasteiger partial charge on any atom is 0.321 e. The van der Waals surface area contributed by atoms with Crippen molar-refractivity contribution in [2.75, 3.05) is 5.75 Å². The number of carbonyl (C=O) groups is 1. The van der Waals surface area contributed by atoms with E-state index in [0.717, 1.165) is 29.3 Å². The average molecular weight is 260 g/mol. The van der Waals surface area contributed by atoms with E-state index in [9.17, 15) is 4.79 Å². The average Bonchev–Trinajstić information content (AvgIpc) is 2.66. The first kappa shape index (κ1) is 13.5. The number of aromatic nitrogens is 1. The summed E-state index contributed by atoms with van der Waals surface area (Å²) in [5.41, 5.74) is 6.42. The molecule has 0 amide bonds. The van der Waals surface area contributed by atoms with Crippen LogP contribution < -0.4 is 5.73 Å². The third-order valence-corrected chi connectivity index (χ3v) is 3.98. The van der Waals surface area contributed by atoms with Gasteiger partial charge in [-0.1, -0.05) is 6.92 Å². The van der Waals surface area contributed by atoms with Crippen LogP contribution in [0.2, 0.25) is 0 Å². The van der Waals surface area contributed by atoms with Gasteiger partial charge in [0, 0.05) is 16.9 Å². The molecule has 1 aromatic heterocycles. The number of rotatable bonds is 7. The monoisotopic (exact) mass is 260 g/mol. The lowest BCUT2D eigenvalue weighted by Crippen LogP contribution is -2.32. The van der Waals surface area contributed by atoms with Crippen LogP contribution in [0.3, 0.4) is 0 Å². The highest BCUT2D eigenvalue weighted by Crippen LogP contribution is 2.17. The van der Waals surface area contributed by atoms with Crippen LogP contribution in [0.1, 0.15) is 24.0 Å². The van der Waals surface area contributed by atoms with Gasteiger partial charge in [-0.2, -0.15) is 11.8 Å². The van der Waals surface area contributed by atoms with Gasteiger partial charge in [-0.3, -0.25) is 4.79 Å². The van der Waals surface area contributed by atoms with E-state index >= 15 is 0 Å². The number of thiazole rings is 1. The van der Waals surface area contributed by atoms with Gasteiger partial charge in [0.2, 0.25) is 0 Å². The van der Waals surface area contributed by atoms with Crippen molar-refractivity contribution in [3.63, 3.8) is 0 Å². The van der Waals surface area contributed by atoms with Gasteiger partial charge in [-0.15, -0.1) is 11.3 Å². The summed E-state index contributed by atoms with van der Waals surface area (Å²) >= 11 is 3.18. The Morgan fingerprint density at radius 1 is 1.75 bits per heavy atom. The zero-order chi connectivity index (χ0) is 12.0. The Labute approximate surface area is 103 Å². The van der Waals surface area contributed by atoms with E-state index in [1.54, 1.807) is 11.3 Å². The predicted octanol–water partition coefficient (Wildman–Crippen LogP) is 1.74. The van der Waals surface area contributed by atoms with Crippen LogP contribution in [-0.2, 0) is 17.0 Å². The van der Waals surface area contributed by atoms with E-state index < -0.39 is 12.0 Å². The maximum absolute atomic E-state index is 10.5. The fraction of sp³-hybridized carbons (Fsp3) is 0.600. The van der Waals surface area contributed by atoms with E-state index in [0.29, 0.717) is 5.75 Å². The highest BCUT2D eigenvalue weighted by Gasteiger charge is 2.11. The summed E-state index contributed by atoms with van der Waals surface area (Å²) in [5.74, 6) is 0.217. The number of aliphatic carboxylic acids is 1. The maximum atomic E-state index is 10.5. The summed E-state index contributed by atoms with van der Waals surface area (Å²) in [6.45, 7) is 2.13. The summed E-state index contributed by atoms with van der Waals surface area (Å²) in [7, 11) is 0. The molecule has 0 saturated heterocycles. The molecule has 1 aromatic rings. The van der Waals surface area contributed by atoms with Gasteiger partial charge < -0.3 is 10.8 Å². The van der Waals surface area contributed by atoms with Crippen LogP contribution in [0.4, 0.5) is 0 Å². The highest BCUT2D eigenvalue weighted by molar-refractivity contribution is 7.98. The van der Waals surface area contributed by atoms with Gasteiger partial charge in [-0.25, -0.2) is 4.98 Å².